The van der Waals surface area contributed by atoms with E-state index >= 15 is 0 Å². The number of aliphatic carboxylic acids is 1. The molecule has 116 valence electrons. The summed E-state index contributed by atoms with van der Waals surface area (Å²) in [5, 5.41) is 11.6. The molecule has 2 N–H and O–H groups in total. The van der Waals surface area contributed by atoms with Crippen LogP contribution >= 0.6 is 0 Å². The molecule has 0 aliphatic heterocycles. The molecule has 1 aromatic rings. The molecular weight excluding hydrogens is 270 g/mol. The minimum atomic E-state index is -0.988. The Hall–Kier alpha value is -2.04. The first-order chi connectivity index (χ1) is 10.0. The van der Waals surface area contributed by atoms with E-state index in [1.165, 1.54) is 0 Å². The van der Waals surface area contributed by atoms with Crippen LogP contribution in [-0.4, -0.2) is 29.6 Å². The summed E-state index contributed by atoms with van der Waals surface area (Å²) in [6.07, 6.45) is 1.69. The zero-order valence-corrected chi connectivity index (χ0v) is 12.5. The van der Waals surface area contributed by atoms with Crippen molar-refractivity contribution >= 4 is 11.9 Å². The standard InChI is InChI=1S/C16H23NO4/c1-3-7-14(16(19)20)17-15(18)12(2)10-11-21-13-8-5-4-6-9-13/h4-6,8-9,12,14H,3,7,10-11H2,1-2H3,(H,17,18)(H,19,20). The maximum absolute atomic E-state index is 11.9. The SMILES string of the molecule is CCCC(NC(=O)C(C)CCOc1ccccc1)C(=O)O. The van der Waals surface area contributed by atoms with Gasteiger partial charge in [-0.2, -0.15) is 0 Å². The Labute approximate surface area is 125 Å². The Morgan fingerprint density at radius 3 is 2.48 bits per heavy atom. The monoisotopic (exact) mass is 293 g/mol. The van der Waals surface area contributed by atoms with Crippen molar-refractivity contribution in [3.05, 3.63) is 30.3 Å². The van der Waals surface area contributed by atoms with Crippen molar-refractivity contribution < 1.29 is 19.4 Å². The Kier molecular flexibility index (Phi) is 7.29. The highest BCUT2D eigenvalue weighted by molar-refractivity contribution is 5.84. The van der Waals surface area contributed by atoms with Crippen LogP contribution < -0.4 is 10.1 Å². The summed E-state index contributed by atoms with van der Waals surface area (Å²) in [5.41, 5.74) is 0. The lowest BCUT2D eigenvalue weighted by Gasteiger charge is -2.17. The lowest BCUT2D eigenvalue weighted by molar-refractivity contribution is -0.142. The number of para-hydroxylation sites is 1. The molecule has 0 radical (unpaired) electrons. The number of benzene rings is 1. The number of nitrogens with one attached hydrogen (secondary N) is 1. The van der Waals surface area contributed by atoms with Gasteiger partial charge in [0.25, 0.3) is 0 Å². The molecule has 0 spiro atoms. The zero-order valence-electron chi connectivity index (χ0n) is 12.5. The average molecular weight is 293 g/mol. The van der Waals surface area contributed by atoms with Crippen molar-refractivity contribution in [1.82, 2.24) is 5.32 Å². The lowest BCUT2D eigenvalue weighted by atomic mass is 10.1. The number of carbonyl (C=O) groups excluding carboxylic acids is 1. The Bertz CT molecular complexity index is 447. The van der Waals surface area contributed by atoms with Gasteiger partial charge in [-0.25, -0.2) is 4.79 Å². The van der Waals surface area contributed by atoms with Crippen molar-refractivity contribution in [3.63, 3.8) is 0 Å². The fraction of sp³-hybridized carbons (Fsp3) is 0.500. The van der Waals surface area contributed by atoms with Crippen LogP contribution in [0.3, 0.4) is 0 Å². The molecule has 0 fully saturated rings. The van der Waals surface area contributed by atoms with Crippen LogP contribution in [-0.2, 0) is 9.59 Å². The van der Waals surface area contributed by atoms with Crippen molar-refractivity contribution in [1.29, 1.82) is 0 Å². The van der Waals surface area contributed by atoms with Crippen LogP contribution in [0.15, 0.2) is 30.3 Å². The second-order valence-corrected chi connectivity index (χ2v) is 5.04. The largest absolute Gasteiger partial charge is 0.494 e. The maximum Gasteiger partial charge on any atom is 0.326 e. The number of amides is 1. The van der Waals surface area contributed by atoms with Crippen LogP contribution in [0.2, 0.25) is 0 Å². The maximum atomic E-state index is 11.9. The predicted octanol–water partition coefficient (Wildman–Crippen LogP) is 2.46. The van der Waals surface area contributed by atoms with E-state index in [9.17, 15) is 9.59 Å². The Balaban J connectivity index is 2.35. The van der Waals surface area contributed by atoms with E-state index in [2.05, 4.69) is 5.32 Å². The molecule has 21 heavy (non-hydrogen) atoms. The molecule has 0 aliphatic carbocycles. The number of carbonyl (C=O) groups is 2. The van der Waals surface area contributed by atoms with Gasteiger partial charge < -0.3 is 15.2 Å². The van der Waals surface area contributed by atoms with Crippen LogP contribution in [0.4, 0.5) is 0 Å². The van der Waals surface area contributed by atoms with Gasteiger partial charge in [-0.1, -0.05) is 38.5 Å². The highest BCUT2D eigenvalue weighted by atomic mass is 16.5. The molecule has 2 unspecified atom stereocenters. The number of carboxylic acid groups (broad SMARTS) is 1. The summed E-state index contributed by atoms with van der Waals surface area (Å²) < 4.78 is 5.53. The van der Waals surface area contributed by atoms with E-state index < -0.39 is 12.0 Å². The summed E-state index contributed by atoms with van der Waals surface area (Å²) in [6, 6.07) is 8.57. The Morgan fingerprint density at radius 1 is 1.24 bits per heavy atom. The summed E-state index contributed by atoms with van der Waals surface area (Å²) >= 11 is 0. The van der Waals surface area contributed by atoms with Gasteiger partial charge in [0.15, 0.2) is 0 Å². The van der Waals surface area contributed by atoms with Crippen molar-refractivity contribution in [3.8, 4) is 5.75 Å². The van der Waals surface area contributed by atoms with Gasteiger partial charge in [-0.15, -0.1) is 0 Å². The second kappa shape index (κ2) is 9.00. The van der Waals surface area contributed by atoms with Gasteiger partial charge in [0, 0.05) is 5.92 Å². The van der Waals surface area contributed by atoms with Crippen molar-refractivity contribution in [2.75, 3.05) is 6.61 Å². The first-order valence-electron chi connectivity index (χ1n) is 7.25. The van der Waals surface area contributed by atoms with Crippen molar-refractivity contribution in [2.24, 2.45) is 5.92 Å². The van der Waals surface area contributed by atoms with E-state index in [0.29, 0.717) is 25.9 Å². The van der Waals surface area contributed by atoms with Crippen molar-refractivity contribution in [2.45, 2.75) is 39.2 Å². The summed E-state index contributed by atoms with van der Waals surface area (Å²) in [5.74, 6) is -0.752. The first kappa shape index (κ1) is 17.0. The fourth-order valence-electron chi connectivity index (χ4n) is 1.86. The van der Waals surface area contributed by atoms with Gasteiger partial charge in [0.1, 0.15) is 11.8 Å². The average Bonchev–Trinajstić information content (AvgIpc) is 2.47. The van der Waals surface area contributed by atoms with Gasteiger partial charge in [0.05, 0.1) is 6.61 Å². The van der Waals surface area contributed by atoms with Crippen LogP contribution in [0.1, 0.15) is 33.1 Å². The topological polar surface area (TPSA) is 75.6 Å². The molecule has 0 saturated carbocycles. The van der Waals surface area contributed by atoms with Crippen LogP contribution in [0, 0.1) is 5.92 Å². The van der Waals surface area contributed by atoms with Crippen LogP contribution in [0.5, 0.6) is 5.75 Å². The second-order valence-electron chi connectivity index (χ2n) is 5.04. The molecule has 2 atom stereocenters. The van der Waals surface area contributed by atoms with E-state index in [-0.39, 0.29) is 11.8 Å². The first-order valence-corrected chi connectivity index (χ1v) is 7.25. The number of rotatable bonds is 9. The van der Waals surface area contributed by atoms with Gasteiger partial charge in [0.2, 0.25) is 5.91 Å². The number of carboxylic acids is 1. The third kappa shape index (κ3) is 6.29. The molecule has 5 nitrogen and oxygen atoms in total. The smallest absolute Gasteiger partial charge is 0.326 e. The lowest BCUT2D eigenvalue weighted by Crippen LogP contribution is -2.43. The van der Waals surface area contributed by atoms with E-state index in [1.54, 1.807) is 6.92 Å². The molecule has 1 rings (SSSR count). The molecule has 0 aliphatic rings. The van der Waals surface area contributed by atoms with Gasteiger partial charge in [-0.3, -0.25) is 4.79 Å². The molecular formula is C16H23NO4. The molecule has 1 aromatic carbocycles. The highest BCUT2D eigenvalue weighted by Crippen LogP contribution is 2.11. The summed E-state index contributed by atoms with van der Waals surface area (Å²) in [6.45, 7) is 4.08. The normalized spacial score (nSPS) is 13.2. The third-order valence-electron chi connectivity index (χ3n) is 3.20. The minimum Gasteiger partial charge on any atom is -0.494 e. The van der Waals surface area contributed by atoms with Crippen LogP contribution in [0.25, 0.3) is 0 Å². The molecule has 0 heterocycles. The molecule has 1 amide bonds. The molecule has 0 bridgehead atoms. The molecule has 0 saturated heterocycles. The zero-order chi connectivity index (χ0) is 15.7. The van der Waals surface area contributed by atoms with Gasteiger partial charge >= 0.3 is 5.97 Å². The number of hydrogen-bond acceptors (Lipinski definition) is 3. The molecule has 5 heteroatoms. The Morgan fingerprint density at radius 2 is 1.90 bits per heavy atom. The van der Waals surface area contributed by atoms with Gasteiger partial charge in [-0.05, 0) is 25.0 Å². The number of ether oxygens (including phenoxy) is 1. The van der Waals surface area contributed by atoms with E-state index in [0.717, 1.165) is 5.75 Å². The minimum absolute atomic E-state index is 0.243. The predicted molar refractivity (Wildman–Crippen MR) is 80.2 cm³/mol. The summed E-state index contributed by atoms with van der Waals surface area (Å²) in [4.78, 5) is 23.0. The highest BCUT2D eigenvalue weighted by Gasteiger charge is 2.21. The summed E-state index contributed by atoms with van der Waals surface area (Å²) in [7, 11) is 0. The quantitative estimate of drug-likeness (QED) is 0.733. The fourth-order valence-corrected chi connectivity index (χ4v) is 1.86. The van der Waals surface area contributed by atoms with E-state index in [4.69, 9.17) is 9.84 Å². The molecule has 0 aromatic heterocycles. The third-order valence-corrected chi connectivity index (χ3v) is 3.20. The number of hydrogen-bond donors (Lipinski definition) is 2. The van der Waals surface area contributed by atoms with E-state index in [1.807, 2.05) is 37.3 Å².